The van der Waals surface area contributed by atoms with E-state index < -0.39 is 12.1 Å². The molecule has 0 saturated carbocycles. The maximum atomic E-state index is 11.5. The van der Waals surface area contributed by atoms with Gasteiger partial charge in [-0.2, -0.15) is 0 Å². The second kappa shape index (κ2) is 9.26. The molecule has 2 N–H and O–H groups in total. The number of rotatable bonds is 4. The van der Waals surface area contributed by atoms with Crippen LogP contribution < -0.4 is 10.0 Å². The molecule has 0 aromatic heterocycles. The average molecular weight is 288 g/mol. The number of hydrogen-bond donors (Lipinski definition) is 2. The van der Waals surface area contributed by atoms with Gasteiger partial charge in [0.2, 0.25) is 0 Å². The van der Waals surface area contributed by atoms with Crippen molar-refractivity contribution in [3.05, 3.63) is 12.7 Å². The number of carbonyl (C=O) groups is 2. The van der Waals surface area contributed by atoms with Gasteiger partial charge in [-0.1, -0.05) is 6.08 Å². The van der Waals surface area contributed by atoms with Gasteiger partial charge in [0.25, 0.3) is 0 Å². The number of aliphatic imine (C=N–C) groups is 1. The van der Waals surface area contributed by atoms with E-state index in [9.17, 15) is 9.59 Å². The van der Waals surface area contributed by atoms with Crippen LogP contribution in [0.15, 0.2) is 17.6 Å². The van der Waals surface area contributed by atoms with E-state index in [0.717, 1.165) is 11.9 Å². The first-order valence-electron chi connectivity index (χ1n) is 5.63. The summed E-state index contributed by atoms with van der Waals surface area (Å²) < 4.78 is 7.75. The Kier molecular flexibility index (Phi) is 8.43. The van der Waals surface area contributed by atoms with Crippen LogP contribution in [0.4, 0.5) is 9.59 Å². The molecule has 0 spiro atoms. The minimum atomic E-state index is -0.519. The molecule has 8 heteroatoms. The fourth-order valence-corrected chi connectivity index (χ4v) is 1.17. The van der Waals surface area contributed by atoms with Crippen molar-refractivity contribution in [3.8, 4) is 0 Å². The van der Waals surface area contributed by atoms with Crippen molar-refractivity contribution in [1.82, 2.24) is 14.9 Å². The average Bonchev–Trinajstić information content (AvgIpc) is 2.27. The van der Waals surface area contributed by atoms with Crippen molar-refractivity contribution in [2.24, 2.45) is 4.99 Å². The van der Waals surface area contributed by atoms with Crippen molar-refractivity contribution in [3.63, 3.8) is 0 Å². The van der Waals surface area contributed by atoms with Gasteiger partial charge in [0.15, 0.2) is 0 Å². The molecule has 0 aromatic carbocycles. The van der Waals surface area contributed by atoms with E-state index in [1.54, 1.807) is 34.0 Å². The van der Waals surface area contributed by atoms with Crippen LogP contribution >= 0.6 is 11.9 Å². The van der Waals surface area contributed by atoms with Crippen LogP contribution in [-0.2, 0) is 4.74 Å². The third kappa shape index (κ3) is 8.95. The summed E-state index contributed by atoms with van der Waals surface area (Å²) in [5, 5.41) is 2.37. The molecular weight excluding hydrogens is 268 g/mol. The Bertz CT molecular complexity index is 356. The molecule has 108 valence electrons. The lowest BCUT2D eigenvalue weighted by Gasteiger charge is -2.14. The number of nitrogens with zero attached hydrogens (tertiary/aromatic N) is 2. The fourth-order valence-electron chi connectivity index (χ4n) is 0.783. The van der Waals surface area contributed by atoms with Crippen molar-refractivity contribution in [2.75, 3.05) is 19.8 Å². The molecule has 0 unspecified atom stereocenters. The molecule has 0 aliphatic heterocycles. The summed E-state index contributed by atoms with van der Waals surface area (Å²) >= 11 is 1.16. The fraction of sp³-hybridized carbons (Fsp3) is 0.545. The first kappa shape index (κ1) is 17.3. The van der Waals surface area contributed by atoms with Crippen LogP contribution in [0, 0.1) is 0 Å². The highest BCUT2D eigenvalue weighted by Gasteiger charge is 2.12. The van der Waals surface area contributed by atoms with E-state index in [4.69, 9.17) is 4.74 Å². The highest BCUT2D eigenvalue weighted by molar-refractivity contribution is 7.98. The number of amidine groups is 1. The predicted octanol–water partition coefficient (Wildman–Crippen LogP) is 1.58. The Labute approximate surface area is 117 Å². The molecular formula is C11H20N4O3S. The van der Waals surface area contributed by atoms with Gasteiger partial charge in [-0.25, -0.2) is 9.59 Å². The van der Waals surface area contributed by atoms with E-state index in [-0.39, 0.29) is 12.1 Å². The Morgan fingerprint density at radius 2 is 2.11 bits per heavy atom. The Morgan fingerprint density at radius 3 is 2.58 bits per heavy atom. The van der Waals surface area contributed by atoms with Crippen LogP contribution in [0.1, 0.15) is 13.8 Å². The van der Waals surface area contributed by atoms with Gasteiger partial charge in [-0.15, -0.1) is 11.6 Å². The van der Waals surface area contributed by atoms with Crippen molar-refractivity contribution >= 4 is 30.0 Å². The molecule has 4 amide bonds. The van der Waals surface area contributed by atoms with Crippen LogP contribution in [0.3, 0.4) is 0 Å². The third-order valence-electron chi connectivity index (χ3n) is 1.51. The lowest BCUT2D eigenvalue weighted by Crippen LogP contribution is -2.40. The zero-order chi connectivity index (χ0) is 14.8. The highest BCUT2D eigenvalue weighted by Crippen LogP contribution is 1.95. The monoisotopic (exact) mass is 288 g/mol. The second-order valence-corrected chi connectivity index (χ2v) is 4.74. The lowest BCUT2D eigenvalue weighted by atomic mass is 10.5. The Morgan fingerprint density at radius 1 is 1.47 bits per heavy atom. The van der Waals surface area contributed by atoms with Gasteiger partial charge >= 0.3 is 18.1 Å². The first-order chi connectivity index (χ1) is 8.86. The zero-order valence-electron chi connectivity index (χ0n) is 11.6. The SMILES string of the molecule is C=CCSNC(=O)NC(=NC(=O)N(C)C)OC(C)C. The molecule has 7 nitrogen and oxygen atoms in total. The van der Waals surface area contributed by atoms with Crippen LogP contribution in [0.5, 0.6) is 0 Å². The molecule has 0 aliphatic carbocycles. The number of carbonyl (C=O) groups excluding carboxylic acids is 2. The van der Waals surface area contributed by atoms with Crippen LogP contribution in [-0.4, -0.2) is 48.9 Å². The summed E-state index contributed by atoms with van der Waals surface area (Å²) in [4.78, 5) is 27.9. The van der Waals surface area contributed by atoms with Crippen LogP contribution in [0.25, 0.3) is 0 Å². The highest BCUT2D eigenvalue weighted by atomic mass is 32.2. The summed E-state index contributed by atoms with van der Waals surface area (Å²) in [5.74, 6) is 0.571. The minimum Gasteiger partial charge on any atom is -0.462 e. The third-order valence-corrected chi connectivity index (χ3v) is 2.25. The van der Waals surface area contributed by atoms with Gasteiger partial charge in [0, 0.05) is 19.8 Å². The zero-order valence-corrected chi connectivity index (χ0v) is 12.4. The Balaban J connectivity index is 4.54. The number of nitrogens with one attached hydrogen (secondary N) is 2. The summed E-state index contributed by atoms with van der Waals surface area (Å²) in [6.45, 7) is 7.06. The molecule has 0 aromatic rings. The molecule has 0 aliphatic rings. The number of amides is 4. The molecule has 0 bridgehead atoms. The minimum absolute atomic E-state index is 0.134. The Hall–Kier alpha value is -1.70. The molecule has 19 heavy (non-hydrogen) atoms. The van der Waals surface area contributed by atoms with Gasteiger partial charge in [0.1, 0.15) is 0 Å². The van der Waals surface area contributed by atoms with E-state index in [2.05, 4.69) is 21.6 Å². The maximum absolute atomic E-state index is 11.5. The van der Waals surface area contributed by atoms with Crippen molar-refractivity contribution in [2.45, 2.75) is 20.0 Å². The van der Waals surface area contributed by atoms with Crippen molar-refractivity contribution in [1.29, 1.82) is 0 Å². The molecule has 0 atom stereocenters. The van der Waals surface area contributed by atoms with Gasteiger partial charge in [-0.05, 0) is 25.8 Å². The quantitative estimate of drug-likeness (QED) is 0.270. The van der Waals surface area contributed by atoms with E-state index in [0.29, 0.717) is 5.75 Å². The van der Waals surface area contributed by atoms with E-state index in [1.165, 1.54) is 4.90 Å². The summed E-state index contributed by atoms with van der Waals surface area (Å²) in [5.41, 5.74) is 0. The maximum Gasteiger partial charge on any atom is 0.347 e. The van der Waals surface area contributed by atoms with Gasteiger partial charge in [0.05, 0.1) is 6.10 Å². The smallest absolute Gasteiger partial charge is 0.347 e. The molecule has 0 fully saturated rings. The number of hydrogen-bond acceptors (Lipinski definition) is 4. The molecule has 0 rings (SSSR count). The number of urea groups is 2. The molecule has 0 heterocycles. The van der Waals surface area contributed by atoms with Crippen LogP contribution in [0.2, 0.25) is 0 Å². The largest absolute Gasteiger partial charge is 0.462 e. The molecule has 0 radical (unpaired) electrons. The predicted molar refractivity (Wildman–Crippen MR) is 77.1 cm³/mol. The van der Waals surface area contributed by atoms with Gasteiger partial charge in [-0.3, -0.25) is 10.0 Å². The van der Waals surface area contributed by atoms with Crippen molar-refractivity contribution < 1.29 is 14.3 Å². The van der Waals surface area contributed by atoms with E-state index >= 15 is 0 Å². The topological polar surface area (TPSA) is 83.0 Å². The normalized spacial score (nSPS) is 10.9. The standard InChI is InChI=1S/C11H20N4O3S/c1-6-7-19-14-9(16)12-10(18-8(2)3)13-11(17)15(4)5/h6,8H,1,7H2,2-5H3,(H2,12,13,14,16,17). The van der Waals surface area contributed by atoms with E-state index in [1.807, 2.05) is 0 Å². The lowest BCUT2D eigenvalue weighted by molar-refractivity contribution is 0.206. The summed E-state index contributed by atoms with van der Waals surface area (Å²) in [7, 11) is 3.11. The number of ether oxygens (including phenoxy) is 1. The first-order valence-corrected chi connectivity index (χ1v) is 6.61. The summed E-state index contributed by atoms with van der Waals surface area (Å²) in [6, 6.07) is -1.17. The second-order valence-electron chi connectivity index (χ2n) is 3.92. The molecule has 0 saturated heterocycles. The van der Waals surface area contributed by atoms with Gasteiger partial charge < -0.3 is 9.64 Å². The summed E-state index contributed by atoms with van der Waals surface area (Å²) in [6.07, 6.45) is 1.44.